The van der Waals surface area contributed by atoms with Crippen molar-refractivity contribution in [3.63, 3.8) is 0 Å². The SMILES string of the molecule is CC1C=CC=C2C1c1cc(C3=CC=C(Nc4cccc5ccccc45)C(c4ccc(Nc5ccccc5)c(-c5ccccc5)c4)C3)ccc1N2c1ccc(-c2ccccc2)cc1. The first-order chi connectivity index (χ1) is 30.6. The lowest BCUT2D eigenvalue weighted by atomic mass is 9.80. The fraction of sp³-hybridized carbons (Fsp3) is 0.0847. The number of para-hydroxylation sites is 1. The molecule has 3 nitrogen and oxygen atoms in total. The van der Waals surface area contributed by atoms with Crippen LogP contribution in [0, 0.1) is 5.92 Å². The molecule has 3 atom stereocenters. The van der Waals surface area contributed by atoms with Gasteiger partial charge in [-0.15, -0.1) is 0 Å². The highest BCUT2D eigenvalue weighted by molar-refractivity contribution is 5.95. The van der Waals surface area contributed by atoms with E-state index in [1.165, 1.54) is 78.1 Å². The van der Waals surface area contributed by atoms with E-state index in [2.05, 4.69) is 247 Å². The molecule has 0 saturated heterocycles. The summed E-state index contributed by atoms with van der Waals surface area (Å²) in [5.41, 5.74) is 18.4. The summed E-state index contributed by atoms with van der Waals surface area (Å²) < 4.78 is 0. The molecule has 0 amide bonds. The molecule has 3 unspecified atom stereocenters. The molecular formula is C59H47N3. The molecule has 0 aromatic heterocycles. The molecule has 2 aliphatic carbocycles. The Hall–Kier alpha value is -7.62. The van der Waals surface area contributed by atoms with Crippen LogP contribution in [0.25, 0.3) is 38.6 Å². The Morgan fingerprint density at radius 2 is 1.23 bits per heavy atom. The van der Waals surface area contributed by atoms with Gasteiger partial charge in [-0.2, -0.15) is 0 Å². The molecule has 0 fully saturated rings. The molecule has 3 aliphatic rings. The lowest BCUT2D eigenvalue weighted by molar-refractivity contribution is 0.618. The Labute approximate surface area is 364 Å². The molecule has 1 aliphatic heterocycles. The van der Waals surface area contributed by atoms with Crippen LogP contribution in [0.4, 0.5) is 28.4 Å². The predicted molar refractivity (Wildman–Crippen MR) is 262 cm³/mol. The first-order valence-corrected chi connectivity index (χ1v) is 21.8. The highest BCUT2D eigenvalue weighted by Gasteiger charge is 2.38. The van der Waals surface area contributed by atoms with Gasteiger partial charge >= 0.3 is 0 Å². The van der Waals surface area contributed by atoms with Crippen LogP contribution in [0.15, 0.2) is 236 Å². The first-order valence-electron chi connectivity index (χ1n) is 21.8. The summed E-state index contributed by atoms with van der Waals surface area (Å²) in [7, 11) is 0. The van der Waals surface area contributed by atoms with Crippen molar-refractivity contribution in [3.8, 4) is 22.3 Å². The van der Waals surface area contributed by atoms with Crippen LogP contribution in [0.1, 0.15) is 41.9 Å². The van der Waals surface area contributed by atoms with E-state index in [-0.39, 0.29) is 11.8 Å². The molecule has 8 aromatic carbocycles. The molecule has 1 heterocycles. The average Bonchev–Trinajstić information content (AvgIpc) is 3.67. The van der Waals surface area contributed by atoms with E-state index >= 15 is 0 Å². The molecule has 11 rings (SSSR count). The van der Waals surface area contributed by atoms with Gasteiger partial charge in [-0.1, -0.05) is 165 Å². The molecule has 2 N–H and O–H groups in total. The van der Waals surface area contributed by atoms with Crippen molar-refractivity contribution < 1.29 is 0 Å². The van der Waals surface area contributed by atoms with Gasteiger partial charge in [0.2, 0.25) is 0 Å². The molecule has 0 saturated carbocycles. The smallest absolute Gasteiger partial charge is 0.0498 e. The first kappa shape index (κ1) is 37.4. The molecular weight excluding hydrogens is 751 g/mol. The lowest BCUT2D eigenvalue weighted by Crippen LogP contribution is -2.18. The van der Waals surface area contributed by atoms with Crippen LogP contribution >= 0.6 is 0 Å². The molecule has 0 bridgehead atoms. The fourth-order valence-electron chi connectivity index (χ4n) is 9.79. The maximum Gasteiger partial charge on any atom is 0.0498 e. The van der Waals surface area contributed by atoms with Gasteiger partial charge in [0.15, 0.2) is 0 Å². The van der Waals surface area contributed by atoms with Crippen molar-refractivity contribution in [1.29, 1.82) is 0 Å². The minimum Gasteiger partial charge on any atom is -0.358 e. The minimum absolute atomic E-state index is 0.0853. The monoisotopic (exact) mass is 797 g/mol. The van der Waals surface area contributed by atoms with E-state index in [9.17, 15) is 0 Å². The van der Waals surface area contributed by atoms with E-state index in [1.807, 2.05) is 0 Å². The predicted octanol–water partition coefficient (Wildman–Crippen LogP) is 15.8. The third kappa shape index (κ3) is 7.02. The van der Waals surface area contributed by atoms with Gasteiger partial charge in [0.1, 0.15) is 0 Å². The van der Waals surface area contributed by atoms with Gasteiger partial charge in [-0.25, -0.2) is 0 Å². The van der Waals surface area contributed by atoms with Gasteiger partial charge in [0, 0.05) is 62.6 Å². The zero-order valence-corrected chi connectivity index (χ0v) is 34.7. The van der Waals surface area contributed by atoms with E-state index in [0.717, 1.165) is 23.5 Å². The van der Waals surface area contributed by atoms with Crippen LogP contribution in [0.2, 0.25) is 0 Å². The number of benzene rings is 8. The summed E-state index contributed by atoms with van der Waals surface area (Å²) in [5.74, 6) is 0.740. The van der Waals surface area contributed by atoms with Crippen LogP contribution in [-0.4, -0.2) is 0 Å². The van der Waals surface area contributed by atoms with Gasteiger partial charge < -0.3 is 15.5 Å². The second-order valence-electron chi connectivity index (χ2n) is 16.7. The van der Waals surface area contributed by atoms with Gasteiger partial charge in [0.25, 0.3) is 0 Å². The lowest BCUT2D eigenvalue weighted by Gasteiger charge is -2.29. The van der Waals surface area contributed by atoms with E-state index in [1.54, 1.807) is 0 Å². The Kier molecular flexibility index (Phi) is 9.71. The normalized spacial score (nSPS) is 17.7. The number of allylic oxidation sites excluding steroid dienone is 8. The number of nitrogens with zero attached hydrogens (tertiary/aromatic N) is 1. The number of hydrogen-bond donors (Lipinski definition) is 2. The maximum absolute atomic E-state index is 3.96. The Bertz CT molecular complexity index is 3040. The summed E-state index contributed by atoms with van der Waals surface area (Å²) >= 11 is 0. The third-order valence-corrected chi connectivity index (χ3v) is 12.9. The molecule has 3 heteroatoms. The number of fused-ring (bicyclic) bond motifs is 4. The quantitative estimate of drug-likeness (QED) is 0.152. The maximum atomic E-state index is 3.96. The van der Waals surface area contributed by atoms with Crippen LogP contribution < -0.4 is 15.5 Å². The van der Waals surface area contributed by atoms with Crippen molar-refractivity contribution >= 4 is 44.8 Å². The zero-order chi connectivity index (χ0) is 41.4. The van der Waals surface area contributed by atoms with E-state index in [4.69, 9.17) is 0 Å². The van der Waals surface area contributed by atoms with Gasteiger partial charge in [-0.3, -0.25) is 0 Å². The highest BCUT2D eigenvalue weighted by atomic mass is 15.2. The van der Waals surface area contributed by atoms with Crippen LogP contribution in [0.3, 0.4) is 0 Å². The second-order valence-corrected chi connectivity index (χ2v) is 16.7. The fourth-order valence-corrected chi connectivity index (χ4v) is 9.79. The van der Waals surface area contributed by atoms with Gasteiger partial charge in [0.05, 0.1) is 0 Å². The zero-order valence-electron chi connectivity index (χ0n) is 34.7. The summed E-state index contributed by atoms with van der Waals surface area (Å²) in [6.45, 7) is 2.36. The van der Waals surface area contributed by atoms with E-state index < -0.39 is 0 Å². The largest absolute Gasteiger partial charge is 0.358 e. The van der Waals surface area contributed by atoms with Crippen molar-refractivity contribution in [2.24, 2.45) is 5.92 Å². The molecule has 0 spiro atoms. The standard InChI is InChI=1S/C59H47N3/c1-40-15-13-26-58-59(40)53-38-46(31-36-57(53)62(58)49-32-27-42(28-33-49)41-16-5-2-6-17-41)45-29-34-56(61-54-25-14-21-43-20-11-12-24-50(43)54)52(37-45)47-30-35-55(60-48-22-9-4-10-23-48)51(39-47)44-18-7-3-8-19-44/h2-36,38-40,52,59-61H,37H2,1H3. The molecule has 8 aromatic rings. The average molecular weight is 798 g/mol. The molecule has 62 heavy (non-hydrogen) atoms. The van der Waals surface area contributed by atoms with Crippen molar-refractivity contribution in [1.82, 2.24) is 0 Å². The van der Waals surface area contributed by atoms with Crippen LogP contribution in [-0.2, 0) is 0 Å². The van der Waals surface area contributed by atoms with Crippen molar-refractivity contribution in [2.45, 2.75) is 25.2 Å². The summed E-state index contributed by atoms with van der Waals surface area (Å²) in [4.78, 5) is 2.48. The van der Waals surface area contributed by atoms with Crippen molar-refractivity contribution in [3.05, 3.63) is 253 Å². The number of nitrogens with one attached hydrogen (secondary N) is 2. The summed E-state index contributed by atoms with van der Waals surface area (Å²) in [5, 5.41) is 10.1. The minimum atomic E-state index is 0.0853. The van der Waals surface area contributed by atoms with Crippen LogP contribution in [0.5, 0.6) is 0 Å². The van der Waals surface area contributed by atoms with Crippen molar-refractivity contribution in [2.75, 3.05) is 15.5 Å². The third-order valence-electron chi connectivity index (χ3n) is 12.9. The Morgan fingerprint density at radius 1 is 0.532 bits per heavy atom. The van der Waals surface area contributed by atoms with E-state index in [0.29, 0.717) is 5.92 Å². The Morgan fingerprint density at radius 3 is 2.03 bits per heavy atom. The highest BCUT2D eigenvalue weighted by Crippen LogP contribution is 2.53. The van der Waals surface area contributed by atoms with Gasteiger partial charge in [-0.05, 0) is 123 Å². The number of anilines is 5. The number of rotatable bonds is 9. The second kappa shape index (κ2) is 16.1. The molecule has 298 valence electrons. The summed E-state index contributed by atoms with van der Waals surface area (Å²) in [6.07, 6.45) is 12.5. The number of hydrogen-bond acceptors (Lipinski definition) is 3. The summed E-state index contributed by atoms with van der Waals surface area (Å²) in [6, 6.07) is 70.3. The Balaban J connectivity index is 0.990. The molecule has 0 radical (unpaired) electrons. The topological polar surface area (TPSA) is 27.3 Å².